The average Bonchev–Trinajstić information content (AvgIpc) is 2.46. The maximum absolute atomic E-state index is 12.1. The molecule has 0 aliphatic carbocycles. The molecule has 0 fully saturated rings. The summed E-state index contributed by atoms with van der Waals surface area (Å²) in [6.07, 6.45) is 0.241. The van der Waals surface area contributed by atoms with Gasteiger partial charge in [-0.1, -0.05) is 18.2 Å². The Labute approximate surface area is 124 Å². The lowest BCUT2D eigenvalue weighted by Crippen LogP contribution is -2.34. The Kier molecular flexibility index (Phi) is 7.15. The summed E-state index contributed by atoms with van der Waals surface area (Å²) >= 11 is 1.53. The fourth-order valence-electron chi connectivity index (χ4n) is 1.74. The number of hydrogen-bond donors (Lipinski definition) is 0. The predicted molar refractivity (Wildman–Crippen MR) is 80.8 cm³/mol. The van der Waals surface area contributed by atoms with Crippen LogP contribution in [0.4, 0.5) is 0 Å². The first-order valence-corrected chi connectivity index (χ1v) is 7.60. The van der Waals surface area contributed by atoms with Crippen LogP contribution in [-0.4, -0.2) is 42.7 Å². The lowest BCUT2D eigenvalue weighted by atomic mass is 10.2. The van der Waals surface area contributed by atoms with Crippen LogP contribution in [0, 0.1) is 6.92 Å². The Morgan fingerprint density at radius 2 is 2.00 bits per heavy atom. The minimum absolute atomic E-state index is 0.0460. The van der Waals surface area contributed by atoms with Gasteiger partial charge in [0.05, 0.1) is 19.3 Å². The van der Waals surface area contributed by atoms with Crippen LogP contribution in [0.1, 0.15) is 18.9 Å². The SMILES string of the molecule is CCN(CCC(=O)OC)C(=O)CSc1ccccc1C. The third kappa shape index (κ3) is 5.25. The molecule has 0 unspecified atom stereocenters. The number of carbonyl (C=O) groups excluding carboxylic acids is 2. The number of amides is 1. The van der Waals surface area contributed by atoms with Gasteiger partial charge in [0, 0.05) is 18.0 Å². The second kappa shape index (κ2) is 8.64. The number of benzene rings is 1. The van der Waals surface area contributed by atoms with Crippen molar-refractivity contribution in [1.29, 1.82) is 0 Å². The van der Waals surface area contributed by atoms with Crippen LogP contribution in [0.2, 0.25) is 0 Å². The van der Waals surface area contributed by atoms with Crippen molar-refractivity contribution in [3.63, 3.8) is 0 Å². The fourth-order valence-corrected chi connectivity index (χ4v) is 2.67. The van der Waals surface area contributed by atoms with Crippen molar-refractivity contribution < 1.29 is 14.3 Å². The number of methoxy groups -OCH3 is 1. The number of thioether (sulfide) groups is 1. The number of esters is 1. The van der Waals surface area contributed by atoms with Gasteiger partial charge in [-0.15, -0.1) is 11.8 Å². The van der Waals surface area contributed by atoms with Gasteiger partial charge in [-0.25, -0.2) is 0 Å². The van der Waals surface area contributed by atoms with Crippen molar-refractivity contribution in [1.82, 2.24) is 4.90 Å². The van der Waals surface area contributed by atoms with Crippen LogP contribution in [0.3, 0.4) is 0 Å². The van der Waals surface area contributed by atoms with E-state index < -0.39 is 0 Å². The summed E-state index contributed by atoms with van der Waals surface area (Å²) in [5.41, 5.74) is 1.17. The highest BCUT2D eigenvalue weighted by molar-refractivity contribution is 8.00. The fraction of sp³-hybridized carbons (Fsp3) is 0.467. The predicted octanol–water partition coefficient (Wildman–Crippen LogP) is 2.50. The summed E-state index contributed by atoms with van der Waals surface area (Å²) in [4.78, 5) is 26.0. The standard InChI is InChI=1S/C15H21NO3S/c1-4-16(10-9-15(18)19-3)14(17)11-20-13-8-6-5-7-12(13)2/h5-8H,4,9-11H2,1-3H3. The maximum Gasteiger partial charge on any atom is 0.307 e. The number of hydrogen-bond acceptors (Lipinski definition) is 4. The molecule has 0 N–H and O–H groups in total. The number of rotatable bonds is 7. The molecule has 1 aromatic carbocycles. The van der Waals surface area contributed by atoms with Gasteiger partial charge in [0.25, 0.3) is 0 Å². The van der Waals surface area contributed by atoms with Crippen molar-refractivity contribution >= 4 is 23.6 Å². The Morgan fingerprint density at radius 3 is 2.60 bits per heavy atom. The molecule has 0 atom stereocenters. The van der Waals surface area contributed by atoms with Crippen LogP contribution < -0.4 is 0 Å². The second-order valence-electron chi connectivity index (χ2n) is 4.35. The van der Waals surface area contributed by atoms with E-state index in [0.717, 1.165) is 4.90 Å². The highest BCUT2D eigenvalue weighted by Gasteiger charge is 2.14. The molecule has 0 aromatic heterocycles. The second-order valence-corrected chi connectivity index (χ2v) is 5.37. The summed E-state index contributed by atoms with van der Waals surface area (Å²) < 4.78 is 4.59. The number of carbonyl (C=O) groups is 2. The van der Waals surface area contributed by atoms with Gasteiger partial charge in [0.2, 0.25) is 5.91 Å². The van der Waals surface area contributed by atoms with E-state index in [2.05, 4.69) is 4.74 Å². The normalized spacial score (nSPS) is 10.2. The molecule has 0 bridgehead atoms. The summed E-state index contributed by atoms with van der Waals surface area (Å²) in [5.74, 6) is 0.146. The lowest BCUT2D eigenvalue weighted by molar-refractivity contribution is -0.141. The van der Waals surface area contributed by atoms with Gasteiger partial charge in [-0.05, 0) is 25.5 Å². The minimum Gasteiger partial charge on any atom is -0.469 e. The maximum atomic E-state index is 12.1. The minimum atomic E-state index is -0.289. The summed E-state index contributed by atoms with van der Waals surface area (Å²) in [7, 11) is 1.36. The first kappa shape index (κ1) is 16.6. The molecule has 0 spiro atoms. The lowest BCUT2D eigenvalue weighted by Gasteiger charge is -2.20. The van der Waals surface area contributed by atoms with E-state index in [9.17, 15) is 9.59 Å². The first-order valence-electron chi connectivity index (χ1n) is 6.61. The Bertz CT molecular complexity index is 462. The van der Waals surface area contributed by atoms with Crippen LogP contribution in [-0.2, 0) is 14.3 Å². The van der Waals surface area contributed by atoms with E-state index in [-0.39, 0.29) is 18.3 Å². The molecule has 110 valence electrons. The number of aryl methyl sites for hydroxylation is 1. The molecule has 4 nitrogen and oxygen atoms in total. The zero-order chi connectivity index (χ0) is 15.0. The monoisotopic (exact) mass is 295 g/mol. The summed E-state index contributed by atoms with van der Waals surface area (Å²) in [5, 5.41) is 0. The van der Waals surface area contributed by atoms with Gasteiger partial charge in [0.15, 0.2) is 0 Å². The highest BCUT2D eigenvalue weighted by atomic mass is 32.2. The number of ether oxygens (including phenoxy) is 1. The molecule has 0 heterocycles. The largest absolute Gasteiger partial charge is 0.469 e. The molecule has 5 heteroatoms. The molecule has 0 saturated heterocycles. The number of nitrogens with zero attached hydrogens (tertiary/aromatic N) is 1. The van der Waals surface area contributed by atoms with Gasteiger partial charge in [0.1, 0.15) is 0 Å². The average molecular weight is 295 g/mol. The third-order valence-electron chi connectivity index (χ3n) is 2.99. The van der Waals surface area contributed by atoms with Gasteiger partial charge < -0.3 is 9.64 Å². The first-order chi connectivity index (χ1) is 9.58. The van der Waals surface area contributed by atoms with Crippen molar-refractivity contribution in [2.45, 2.75) is 25.2 Å². The van der Waals surface area contributed by atoms with Crippen LogP contribution >= 0.6 is 11.8 Å². The Hall–Kier alpha value is -1.49. The van der Waals surface area contributed by atoms with Crippen molar-refractivity contribution in [2.75, 3.05) is 26.0 Å². The molecule has 20 heavy (non-hydrogen) atoms. The van der Waals surface area contributed by atoms with Gasteiger partial charge in [-0.3, -0.25) is 9.59 Å². The summed E-state index contributed by atoms with van der Waals surface area (Å²) in [6.45, 7) is 4.95. The molecular formula is C15H21NO3S. The molecule has 0 saturated carbocycles. The van der Waals surface area contributed by atoms with E-state index >= 15 is 0 Å². The van der Waals surface area contributed by atoms with Crippen molar-refractivity contribution in [3.05, 3.63) is 29.8 Å². The third-order valence-corrected chi connectivity index (χ3v) is 4.15. The topological polar surface area (TPSA) is 46.6 Å². The van der Waals surface area contributed by atoms with E-state index in [0.29, 0.717) is 18.8 Å². The molecule has 1 rings (SSSR count). The van der Waals surface area contributed by atoms with E-state index in [4.69, 9.17) is 0 Å². The van der Waals surface area contributed by atoms with Gasteiger partial charge >= 0.3 is 5.97 Å². The Morgan fingerprint density at radius 1 is 1.30 bits per heavy atom. The molecule has 0 aliphatic rings. The van der Waals surface area contributed by atoms with E-state index in [1.165, 1.54) is 24.4 Å². The van der Waals surface area contributed by atoms with Crippen molar-refractivity contribution in [2.24, 2.45) is 0 Å². The van der Waals surface area contributed by atoms with Crippen LogP contribution in [0.5, 0.6) is 0 Å². The van der Waals surface area contributed by atoms with E-state index in [1.54, 1.807) is 4.90 Å². The zero-order valence-corrected chi connectivity index (χ0v) is 13.0. The molecule has 0 aliphatic heterocycles. The highest BCUT2D eigenvalue weighted by Crippen LogP contribution is 2.22. The Balaban J connectivity index is 2.47. The van der Waals surface area contributed by atoms with Gasteiger partial charge in [-0.2, -0.15) is 0 Å². The van der Waals surface area contributed by atoms with Crippen LogP contribution in [0.25, 0.3) is 0 Å². The van der Waals surface area contributed by atoms with Crippen LogP contribution in [0.15, 0.2) is 29.2 Å². The quantitative estimate of drug-likeness (QED) is 0.573. The molecule has 1 amide bonds. The smallest absolute Gasteiger partial charge is 0.307 e. The molecular weight excluding hydrogens is 274 g/mol. The zero-order valence-electron chi connectivity index (χ0n) is 12.2. The van der Waals surface area contributed by atoms with Crippen molar-refractivity contribution in [3.8, 4) is 0 Å². The summed E-state index contributed by atoms with van der Waals surface area (Å²) in [6, 6.07) is 7.99. The molecule has 0 radical (unpaired) electrons. The molecule has 1 aromatic rings. The van der Waals surface area contributed by atoms with E-state index in [1.807, 2.05) is 38.1 Å².